The fourth-order valence-electron chi connectivity index (χ4n) is 5.66. The smallest absolute Gasteiger partial charge is 0.224 e. The fraction of sp³-hybridized carbons (Fsp3) is 0.514. The van der Waals surface area contributed by atoms with Crippen molar-refractivity contribution in [2.45, 2.75) is 84.6 Å². The molecule has 4 atom stereocenters. The van der Waals surface area contributed by atoms with Crippen LogP contribution in [-0.2, 0) is 32.0 Å². The number of carbonyl (C=O) groups excluding carboxylic acids is 4. The number of guanidine groups is 1. The van der Waals surface area contributed by atoms with Gasteiger partial charge in [0.05, 0.1) is 6.04 Å². The summed E-state index contributed by atoms with van der Waals surface area (Å²) in [7, 11) is 0. The van der Waals surface area contributed by atoms with Crippen molar-refractivity contribution < 1.29 is 24.3 Å². The maximum absolute atomic E-state index is 14.0. The van der Waals surface area contributed by atoms with Crippen LogP contribution in [0.1, 0.15) is 74.1 Å². The van der Waals surface area contributed by atoms with Gasteiger partial charge in [-0.3, -0.25) is 24.2 Å². The Bertz CT molecular complexity index is 1320. The number of nitrogens with one attached hydrogen (secondary N) is 1. The van der Waals surface area contributed by atoms with E-state index in [9.17, 15) is 24.3 Å². The SMILES string of the molecule is Cc1cc(O)cc(C)c1C[C@H](CC(=O)[C@H](C)CCCN=C(N)N)C(=O)N[C@@H](CCCCN)C(=O)C[C@@H](Cc1ccccc1)C(N)=O. The second-order valence-corrected chi connectivity index (χ2v) is 12.3. The summed E-state index contributed by atoms with van der Waals surface area (Å²) in [5.74, 6) is -3.09. The lowest BCUT2D eigenvalue weighted by Crippen LogP contribution is -2.46. The molecule has 0 aromatic heterocycles. The highest BCUT2D eigenvalue weighted by atomic mass is 16.3. The van der Waals surface area contributed by atoms with Gasteiger partial charge in [0.15, 0.2) is 11.7 Å². The van der Waals surface area contributed by atoms with Gasteiger partial charge in [0.1, 0.15) is 11.5 Å². The van der Waals surface area contributed by atoms with Crippen molar-refractivity contribution in [2.75, 3.05) is 13.1 Å². The van der Waals surface area contributed by atoms with Crippen LogP contribution in [0.25, 0.3) is 0 Å². The number of nitrogens with zero attached hydrogens (tertiary/aromatic N) is 1. The Hall–Kier alpha value is -4.25. The number of aromatic hydroxyl groups is 1. The first-order chi connectivity index (χ1) is 21.8. The van der Waals surface area contributed by atoms with Crippen LogP contribution in [0, 0.1) is 31.6 Å². The van der Waals surface area contributed by atoms with Crippen LogP contribution in [-0.4, -0.2) is 53.6 Å². The first kappa shape index (κ1) is 37.9. The predicted octanol–water partition coefficient (Wildman–Crippen LogP) is 2.73. The maximum Gasteiger partial charge on any atom is 0.224 e. The monoisotopic (exact) mass is 636 g/mol. The summed E-state index contributed by atoms with van der Waals surface area (Å²) in [6.45, 7) is 6.35. The number of primary amides is 1. The lowest BCUT2D eigenvalue weighted by molar-refractivity contribution is -0.134. The van der Waals surface area contributed by atoms with Crippen LogP contribution < -0.4 is 28.3 Å². The average Bonchev–Trinajstić information content (AvgIpc) is 2.99. The molecule has 0 saturated heterocycles. The third kappa shape index (κ3) is 13.0. The van der Waals surface area contributed by atoms with Crippen molar-refractivity contribution in [1.29, 1.82) is 0 Å². The van der Waals surface area contributed by atoms with Crippen molar-refractivity contribution in [2.24, 2.45) is 45.7 Å². The van der Waals surface area contributed by atoms with Crippen LogP contribution in [0.15, 0.2) is 47.5 Å². The molecule has 0 radical (unpaired) electrons. The van der Waals surface area contributed by atoms with Crippen molar-refractivity contribution >= 4 is 29.3 Å². The second kappa shape index (κ2) is 19.3. The Balaban J connectivity index is 2.30. The molecule has 0 heterocycles. The molecule has 0 spiro atoms. The minimum atomic E-state index is -0.867. The zero-order valence-corrected chi connectivity index (χ0v) is 27.5. The second-order valence-electron chi connectivity index (χ2n) is 12.3. The van der Waals surface area contributed by atoms with E-state index in [0.29, 0.717) is 51.6 Å². The minimum Gasteiger partial charge on any atom is -0.508 e. The molecule has 11 nitrogen and oxygen atoms in total. The molecule has 2 amide bonds. The number of unbranched alkanes of at least 4 members (excludes halogenated alkanes) is 1. The molecule has 11 heteroatoms. The molecular weight excluding hydrogens is 584 g/mol. The highest BCUT2D eigenvalue weighted by Crippen LogP contribution is 2.26. The Kier molecular flexibility index (Phi) is 15.9. The van der Waals surface area contributed by atoms with E-state index in [-0.39, 0.29) is 48.5 Å². The predicted molar refractivity (Wildman–Crippen MR) is 181 cm³/mol. The number of nitrogens with two attached hydrogens (primary N) is 4. The Morgan fingerprint density at radius 3 is 2.07 bits per heavy atom. The molecule has 0 saturated carbocycles. The van der Waals surface area contributed by atoms with Crippen LogP contribution in [0.3, 0.4) is 0 Å². The molecule has 0 fully saturated rings. The average molecular weight is 637 g/mol. The highest BCUT2D eigenvalue weighted by molar-refractivity contribution is 5.94. The van der Waals surface area contributed by atoms with Gasteiger partial charge in [0.25, 0.3) is 0 Å². The van der Waals surface area contributed by atoms with Crippen molar-refractivity contribution in [3.8, 4) is 5.75 Å². The number of hydrogen-bond acceptors (Lipinski definition) is 7. The molecule has 2 rings (SSSR count). The molecule has 0 bridgehead atoms. The number of benzene rings is 2. The van der Waals surface area contributed by atoms with Crippen LogP contribution >= 0.6 is 0 Å². The lowest BCUT2D eigenvalue weighted by atomic mass is 9.85. The first-order valence-corrected chi connectivity index (χ1v) is 16.1. The number of aryl methyl sites for hydroxylation is 2. The highest BCUT2D eigenvalue weighted by Gasteiger charge is 2.31. The first-order valence-electron chi connectivity index (χ1n) is 16.1. The number of rotatable bonds is 21. The molecular formula is C35H52N6O5. The quantitative estimate of drug-likeness (QED) is 0.0678. The van der Waals surface area contributed by atoms with Crippen molar-refractivity contribution in [3.63, 3.8) is 0 Å². The zero-order valence-electron chi connectivity index (χ0n) is 27.5. The molecule has 2 aromatic rings. The summed E-state index contributed by atoms with van der Waals surface area (Å²) in [5.41, 5.74) is 25.5. The topological polar surface area (TPSA) is 217 Å². The molecule has 252 valence electrons. The molecule has 46 heavy (non-hydrogen) atoms. The van der Waals surface area contributed by atoms with E-state index < -0.39 is 29.7 Å². The van der Waals surface area contributed by atoms with Gasteiger partial charge < -0.3 is 33.4 Å². The Labute approximate surface area is 272 Å². The van der Waals surface area contributed by atoms with E-state index in [4.69, 9.17) is 22.9 Å². The van der Waals surface area contributed by atoms with E-state index in [1.807, 2.05) is 51.1 Å². The number of phenolic OH excluding ortho intramolecular Hbond substituents is 1. The van der Waals surface area contributed by atoms with Gasteiger partial charge in [-0.2, -0.15) is 0 Å². The summed E-state index contributed by atoms with van der Waals surface area (Å²) in [6, 6.07) is 11.7. The number of carbonyl (C=O) groups is 4. The van der Waals surface area contributed by atoms with Gasteiger partial charge in [-0.1, -0.05) is 37.3 Å². The summed E-state index contributed by atoms with van der Waals surface area (Å²) in [6.07, 6.45) is 3.17. The van der Waals surface area contributed by atoms with Crippen molar-refractivity contribution in [3.05, 3.63) is 64.7 Å². The zero-order chi connectivity index (χ0) is 34.2. The Morgan fingerprint density at radius 2 is 1.48 bits per heavy atom. The van der Waals surface area contributed by atoms with Gasteiger partial charge in [-0.05, 0) is 99.7 Å². The van der Waals surface area contributed by atoms with E-state index >= 15 is 0 Å². The molecule has 10 N–H and O–H groups in total. The van der Waals surface area contributed by atoms with Crippen LogP contribution in [0.5, 0.6) is 5.75 Å². The van der Waals surface area contributed by atoms with Crippen molar-refractivity contribution in [1.82, 2.24) is 5.32 Å². The van der Waals surface area contributed by atoms with E-state index in [1.54, 1.807) is 12.1 Å². The number of hydrogen-bond donors (Lipinski definition) is 6. The molecule has 0 aliphatic rings. The molecule has 0 aliphatic carbocycles. The number of Topliss-reactive ketones (excluding diaryl/α,β-unsaturated/α-hetero) is 2. The Morgan fingerprint density at radius 1 is 0.848 bits per heavy atom. The molecule has 2 aromatic carbocycles. The summed E-state index contributed by atoms with van der Waals surface area (Å²) < 4.78 is 0. The van der Waals surface area contributed by atoms with Gasteiger partial charge in [-0.25, -0.2) is 0 Å². The third-order valence-corrected chi connectivity index (χ3v) is 8.42. The summed E-state index contributed by atoms with van der Waals surface area (Å²) in [5, 5.41) is 13.0. The number of amides is 2. The number of ketones is 2. The van der Waals surface area contributed by atoms with E-state index in [0.717, 1.165) is 22.3 Å². The summed E-state index contributed by atoms with van der Waals surface area (Å²) in [4.78, 5) is 57.3. The van der Waals surface area contributed by atoms with E-state index in [2.05, 4.69) is 10.3 Å². The maximum atomic E-state index is 14.0. The molecule has 0 aliphatic heterocycles. The van der Waals surface area contributed by atoms with E-state index in [1.165, 1.54) is 0 Å². The van der Waals surface area contributed by atoms with Gasteiger partial charge >= 0.3 is 0 Å². The van der Waals surface area contributed by atoms with Gasteiger partial charge in [-0.15, -0.1) is 0 Å². The van der Waals surface area contributed by atoms with Gasteiger partial charge in [0, 0.05) is 37.1 Å². The normalized spacial score (nSPS) is 13.7. The van der Waals surface area contributed by atoms with Crippen LogP contribution in [0.2, 0.25) is 0 Å². The summed E-state index contributed by atoms with van der Waals surface area (Å²) >= 11 is 0. The number of aliphatic imine (C=N–C) groups is 1. The largest absolute Gasteiger partial charge is 0.508 e. The molecule has 0 unspecified atom stereocenters. The minimum absolute atomic E-state index is 0.00636. The number of phenols is 1. The van der Waals surface area contributed by atoms with Gasteiger partial charge in [0.2, 0.25) is 11.8 Å². The third-order valence-electron chi connectivity index (χ3n) is 8.42. The standard InChI is InChI=1S/C35H52N6O5/c1-22(10-9-15-40-35(38)39)31(43)21-27(19-29-23(2)16-28(42)17-24(29)3)34(46)41-30(13-7-8-14-36)32(44)20-26(33(37)45)18-25-11-5-4-6-12-25/h4-6,11-12,16-17,22,26-27,30,42H,7-10,13-15,18-21,36H2,1-3H3,(H2,37,45)(H,41,46)(H4,38,39,40)/t22-,26-,27-,30+/m1/s1. The fourth-order valence-corrected chi connectivity index (χ4v) is 5.66. The lowest BCUT2D eigenvalue weighted by Gasteiger charge is -2.25. The van der Waals surface area contributed by atoms with Crippen LogP contribution in [0.4, 0.5) is 0 Å².